The van der Waals surface area contributed by atoms with Gasteiger partial charge in [0.15, 0.2) is 0 Å². The topological polar surface area (TPSA) is 55.1 Å². The van der Waals surface area contributed by atoms with Crippen molar-refractivity contribution in [1.82, 2.24) is 9.78 Å². The Balaban J connectivity index is 2.07. The van der Waals surface area contributed by atoms with Crippen molar-refractivity contribution in [1.29, 1.82) is 0 Å². The molecule has 0 bridgehead atoms. The number of nitrogens with zero attached hydrogens (tertiary/aromatic N) is 2. The Morgan fingerprint density at radius 1 is 1.59 bits per heavy atom. The summed E-state index contributed by atoms with van der Waals surface area (Å²) >= 11 is 0. The molecule has 2 rings (SSSR count). The van der Waals surface area contributed by atoms with Crippen molar-refractivity contribution >= 4 is 5.97 Å². The van der Waals surface area contributed by atoms with Crippen LogP contribution in [0.3, 0.4) is 0 Å². The molecule has 0 saturated heterocycles. The van der Waals surface area contributed by atoms with Crippen molar-refractivity contribution < 1.29 is 9.90 Å². The summed E-state index contributed by atoms with van der Waals surface area (Å²) in [6.45, 7) is 2.21. The van der Waals surface area contributed by atoms with E-state index in [9.17, 15) is 9.90 Å². The van der Waals surface area contributed by atoms with E-state index in [1.807, 2.05) is 19.3 Å². The molecule has 1 aliphatic rings. The zero-order chi connectivity index (χ0) is 12.4. The average Bonchev–Trinajstić information content (AvgIpc) is 2.63. The van der Waals surface area contributed by atoms with Crippen LogP contribution in [-0.4, -0.2) is 20.9 Å². The van der Waals surface area contributed by atoms with E-state index in [0.29, 0.717) is 5.92 Å². The lowest BCUT2D eigenvalue weighted by Gasteiger charge is -2.31. The Labute approximate surface area is 102 Å². The molecule has 1 aromatic rings. The SMILES string of the molecule is CC1CCC(C(=O)O)C(Cc2ccn(C)n2)C1. The van der Waals surface area contributed by atoms with Gasteiger partial charge in [0.2, 0.25) is 0 Å². The van der Waals surface area contributed by atoms with Crippen LogP contribution in [0, 0.1) is 17.8 Å². The first-order chi connectivity index (χ1) is 8.06. The van der Waals surface area contributed by atoms with Crippen molar-refractivity contribution in [3.8, 4) is 0 Å². The highest BCUT2D eigenvalue weighted by atomic mass is 16.4. The van der Waals surface area contributed by atoms with Crippen molar-refractivity contribution in [3.05, 3.63) is 18.0 Å². The van der Waals surface area contributed by atoms with Gasteiger partial charge in [0.1, 0.15) is 0 Å². The van der Waals surface area contributed by atoms with Gasteiger partial charge in [0.05, 0.1) is 11.6 Å². The summed E-state index contributed by atoms with van der Waals surface area (Å²) in [5.41, 5.74) is 1.01. The molecule has 3 unspecified atom stereocenters. The standard InChI is InChI=1S/C13H20N2O2/c1-9-3-4-12(13(16)17)10(7-9)8-11-5-6-15(2)14-11/h5-6,9-10,12H,3-4,7-8H2,1-2H3,(H,16,17). The average molecular weight is 236 g/mol. The van der Waals surface area contributed by atoms with Gasteiger partial charge in [-0.25, -0.2) is 0 Å². The number of aryl methyl sites for hydroxylation is 1. The van der Waals surface area contributed by atoms with E-state index in [-0.39, 0.29) is 11.8 Å². The number of carboxylic acids is 1. The van der Waals surface area contributed by atoms with E-state index in [1.165, 1.54) is 0 Å². The molecule has 3 atom stereocenters. The first-order valence-corrected chi connectivity index (χ1v) is 6.27. The minimum atomic E-state index is -0.641. The van der Waals surface area contributed by atoms with Crippen LogP contribution in [0.4, 0.5) is 0 Å². The second kappa shape index (κ2) is 4.90. The van der Waals surface area contributed by atoms with Gasteiger partial charge < -0.3 is 5.11 Å². The number of aromatic nitrogens is 2. The van der Waals surface area contributed by atoms with Gasteiger partial charge in [-0.05, 0) is 43.6 Å². The van der Waals surface area contributed by atoms with Crippen LogP contribution in [0.1, 0.15) is 31.9 Å². The second-order valence-electron chi connectivity index (χ2n) is 5.31. The van der Waals surface area contributed by atoms with Crippen LogP contribution in [0.5, 0.6) is 0 Å². The first kappa shape index (κ1) is 12.1. The number of hydrogen-bond donors (Lipinski definition) is 1. The van der Waals surface area contributed by atoms with Crippen LogP contribution >= 0.6 is 0 Å². The van der Waals surface area contributed by atoms with Crippen LogP contribution in [0.25, 0.3) is 0 Å². The summed E-state index contributed by atoms with van der Waals surface area (Å²) in [5.74, 6) is 0.0523. The zero-order valence-corrected chi connectivity index (χ0v) is 10.5. The number of aliphatic carboxylic acids is 1. The van der Waals surface area contributed by atoms with Crippen LogP contribution < -0.4 is 0 Å². The molecule has 94 valence electrons. The molecule has 1 saturated carbocycles. The lowest BCUT2D eigenvalue weighted by atomic mass is 9.73. The Kier molecular flexibility index (Phi) is 3.50. The van der Waals surface area contributed by atoms with Crippen LogP contribution in [0.15, 0.2) is 12.3 Å². The predicted octanol–water partition coefficient (Wildman–Crippen LogP) is 2.10. The highest BCUT2D eigenvalue weighted by Crippen LogP contribution is 2.35. The van der Waals surface area contributed by atoms with Crippen molar-refractivity contribution in [2.24, 2.45) is 24.8 Å². The third kappa shape index (κ3) is 2.87. The van der Waals surface area contributed by atoms with Gasteiger partial charge >= 0.3 is 5.97 Å². The number of hydrogen-bond acceptors (Lipinski definition) is 2. The second-order valence-corrected chi connectivity index (χ2v) is 5.31. The molecular weight excluding hydrogens is 216 g/mol. The Morgan fingerprint density at radius 2 is 2.35 bits per heavy atom. The molecule has 0 spiro atoms. The molecule has 0 aliphatic heterocycles. The maximum atomic E-state index is 11.2. The molecule has 0 aromatic carbocycles. The van der Waals surface area contributed by atoms with Gasteiger partial charge in [-0.1, -0.05) is 6.92 Å². The maximum Gasteiger partial charge on any atom is 0.306 e. The van der Waals surface area contributed by atoms with Crippen molar-refractivity contribution in [2.75, 3.05) is 0 Å². The van der Waals surface area contributed by atoms with Gasteiger partial charge in [-0.3, -0.25) is 9.48 Å². The van der Waals surface area contributed by atoms with E-state index in [1.54, 1.807) is 4.68 Å². The quantitative estimate of drug-likeness (QED) is 0.874. The van der Waals surface area contributed by atoms with Crippen molar-refractivity contribution in [2.45, 2.75) is 32.6 Å². The number of carbonyl (C=O) groups is 1. The van der Waals surface area contributed by atoms with Crippen molar-refractivity contribution in [3.63, 3.8) is 0 Å². The maximum absolute atomic E-state index is 11.2. The summed E-state index contributed by atoms with van der Waals surface area (Å²) < 4.78 is 1.78. The first-order valence-electron chi connectivity index (χ1n) is 6.27. The van der Waals surface area contributed by atoms with Crippen LogP contribution in [0.2, 0.25) is 0 Å². The van der Waals surface area contributed by atoms with E-state index in [2.05, 4.69) is 12.0 Å². The Hall–Kier alpha value is -1.32. The highest BCUT2D eigenvalue weighted by Gasteiger charge is 2.33. The monoisotopic (exact) mass is 236 g/mol. The Bertz CT molecular complexity index is 400. The molecule has 4 heteroatoms. The fourth-order valence-corrected chi connectivity index (χ4v) is 2.89. The molecule has 1 N–H and O–H groups in total. The van der Waals surface area contributed by atoms with Gasteiger partial charge in [0.25, 0.3) is 0 Å². The molecule has 1 aromatic heterocycles. The van der Waals surface area contributed by atoms with Gasteiger partial charge in [0, 0.05) is 13.2 Å². The summed E-state index contributed by atoms with van der Waals surface area (Å²) in [5, 5.41) is 13.6. The molecule has 17 heavy (non-hydrogen) atoms. The van der Waals surface area contributed by atoms with E-state index < -0.39 is 5.97 Å². The van der Waals surface area contributed by atoms with E-state index >= 15 is 0 Å². The summed E-state index contributed by atoms with van der Waals surface area (Å²) in [6.07, 6.45) is 5.57. The molecule has 1 fully saturated rings. The molecule has 1 heterocycles. The highest BCUT2D eigenvalue weighted by molar-refractivity contribution is 5.70. The third-order valence-corrected chi connectivity index (χ3v) is 3.80. The number of carboxylic acid groups (broad SMARTS) is 1. The lowest BCUT2D eigenvalue weighted by Crippen LogP contribution is -2.31. The lowest BCUT2D eigenvalue weighted by molar-refractivity contribution is -0.145. The van der Waals surface area contributed by atoms with Gasteiger partial charge in [-0.15, -0.1) is 0 Å². The molecular formula is C13H20N2O2. The molecule has 1 aliphatic carbocycles. The smallest absolute Gasteiger partial charge is 0.306 e. The minimum absolute atomic E-state index is 0.187. The summed E-state index contributed by atoms with van der Waals surface area (Å²) in [6, 6.07) is 1.98. The van der Waals surface area contributed by atoms with Gasteiger partial charge in [-0.2, -0.15) is 5.10 Å². The normalized spacial score (nSPS) is 29.2. The minimum Gasteiger partial charge on any atom is -0.481 e. The van der Waals surface area contributed by atoms with Crippen LogP contribution in [-0.2, 0) is 18.3 Å². The fraction of sp³-hybridized carbons (Fsp3) is 0.692. The fourth-order valence-electron chi connectivity index (χ4n) is 2.89. The zero-order valence-electron chi connectivity index (χ0n) is 10.5. The number of rotatable bonds is 3. The molecule has 0 radical (unpaired) electrons. The Morgan fingerprint density at radius 3 is 2.94 bits per heavy atom. The molecule has 0 amide bonds. The molecule has 4 nitrogen and oxygen atoms in total. The van der Waals surface area contributed by atoms with E-state index in [4.69, 9.17) is 0 Å². The largest absolute Gasteiger partial charge is 0.481 e. The summed E-state index contributed by atoms with van der Waals surface area (Å²) in [4.78, 5) is 11.2. The summed E-state index contributed by atoms with van der Waals surface area (Å²) in [7, 11) is 1.89. The predicted molar refractivity (Wildman–Crippen MR) is 64.5 cm³/mol. The van der Waals surface area contributed by atoms with E-state index in [0.717, 1.165) is 31.4 Å². The third-order valence-electron chi connectivity index (χ3n) is 3.80.